The Balaban J connectivity index is 1.46. The van der Waals surface area contributed by atoms with Gasteiger partial charge in [-0.15, -0.1) is 0 Å². The van der Waals surface area contributed by atoms with Crippen molar-refractivity contribution in [3.05, 3.63) is 35.6 Å². The molecule has 0 radical (unpaired) electrons. The van der Waals surface area contributed by atoms with E-state index in [0.29, 0.717) is 25.5 Å². The number of pyridine rings is 1. The van der Waals surface area contributed by atoms with E-state index >= 15 is 0 Å². The van der Waals surface area contributed by atoms with Gasteiger partial charge < -0.3 is 19.6 Å². The predicted octanol–water partition coefficient (Wildman–Crippen LogP) is 1.93. The van der Waals surface area contributed by atoms with Crippen LogP contribution in [0.2, 0.25) is 0 Å². The molecule has 0 saturated carbocycles. The first-order valence-electron chi connectivity index (χ1n) is 8.48. The van der Waals surface area contributed by atoms with Crippen molar-refractivity contribution in [1.29, 1.82) is 0 Å². The number of hydrogen-bond acceptors (Lipinski definition) is 6. The summed E-state index contributed by atoms with van der Waals surface area (Å²) in [5, 5.41) is 6.95. The molecular weight excluding hydrogens is 320 g/mol. The van der Waals surface area contributed by atoms with Crippen LogP contribution in [0.4, 0.5) is 10.6 Å². The molecule has 0 spiro atoms. The first-order chi connectivity index (χ1) is 12.0. The Bertz CT molecular complexity index is 704. The van der Waals surface area contributed by atoms with E-state index in [-0.39, 0.29) is 11.9 Å². The first kappa shape index (κ1) is 17.2. The Kier molecular flexibility index (Phi) is 5.16. The highest BCUT2D eigenvalue weighted by Gasteiger charge is 2.26. The van der Waals surface area contributed by atoms with Gasteiger partial charge >= 0.3 is 6.03 Å². The van der Waals surface area contributed by atoms with Gasteiger partial charge in [-0.2, -0.15) is 4.98 Å². The van der Waals surface area contributed by atoms with Gasteiger partial charge in [-0.05, 0) is 24.5 Å². The molecule has 1 aliphatic heterocycles. The Labute approximate surface area is 147 Å². The van der Waals surface area contributed by atoms with Gasteiger partial charge in [0.1, 0.15) is 5.82 Å². The van der Waals surface area contributed by atoms with Gasteiger partial charge in [0, 0.05) is 52.8 Å². The number of likely N-dealkylation sites (tertiary alicyclic amines) is 1. The Morgan fingerprint density at radius 1 is 1.36 bits per heavy atom. The van der Waals surface area contributed by atoms with Gasteiger partial charge in [-0.1, -0.05) is 11.2 Å². The van der Waals surface area contributed by atoms with Gasteiger partial charge in [0.2, 0.25) is 5.89 Å². The lowest BCUT2D eigenvalue weighted by Gasteiger charge is -2.30. The van der Waals surface area contributed by atoms with Crippen molar-refractivity contribution in [3.8, 4) is 0 Å². The average molecular weight is 344 g/mol. The van der Waals surface area contributed by atoms with E-state index in [1.807, 2.05) is 36.0 Å². The summed E-state index contributed by atoms with van der Waals surface area (Å²) in [6, 6.07) is 3.88. The van der Waals surface area contributed by atoms with Crippen molar-refractivity contribution in [3.63, 3.8) is 0 Å². The number of carbonyl (C=O) groups excluding carboxylic acids is 1. The zero-order chi connectivity index (χ0) is 17.8. The van der Waals surface area contributed by atoms with Crippen LogP contribution < -0.4 is 10.2 Å². The number of rotatable bonds is 4. The third kappa shape index (κ3) is 4.26. The zero-order valence-electron chi connectivity index (χ0n) is 14.9. The standard InChI is InChI=1S/C17H24N6O2/c1-12-20-16(21-25-12)14-6-8-23(9-7-14)17(24)19-11-13-4-5-15(18-10-13)22(2)3/h4-5,10,14H,6-9,11H2,1-3H3,(H,19,24). The van der Waals surface area contributed by atoms with Crippen LogP contribution in [0.5, 0.6) is 0 Å². The van der Waals surface area contributed by atoms with Crippen LogP contribution in [-0.2, 0) is 6.54 Å². The summed E-state index contributed by atoms with van der Waals surface area (Å²) in [6.45, 7) is 3.66. The second-order valence-corrected chi connectivity index (χ2v) is 6.51. The highest BCUT2D eigenvalue weighted by molar-refractivity contribution is 5.74. The summed E-state index contributed by atoms with van der Waals surface area (Å²) in [6.07, 6.45) is 3.50. The summed E-state index contributed by atoms with van der Waals surface area (Å²) in [7, 11) is 3.90. The largest absolute Gasteiger partial charge is 0.363 e. The van der Waals surface area contributed by atoms with E-state index in [1.54, 1.807) is 13.1 Å². The molecule has 0 unspecified atom stereocenters. The predicted molar refractivity (Wildman–Crippen MR) is 93.4 cm³/mol. The van der Waals surface area contributed by atoms with Crippen molar-refractivity contribution in [2.75, 3.05) is 32.1 Å². The summed E-state index contributed by atoms with van der Waals surface area (Å²) in [5.41, 5.74) is 0.983. The highest BCUT2D eigenvalue weighted by Crippen LogP contribution is 2.25. The van der Waals surface area contributed by atoms with E-state index in [2.05, 4.69) is 20.4 Å². The molecule has 134 valence electrons. The van der Waals surface area contributed by atoms with Crippen molar-refractivity contribution >= 4 is 11.8 Å². The number of hydrogen-bond donors (Lipinski definition) is 1. The number of amides is 2. The lowest BCUT2D eigenvalue weighted by molar-refractivity contribution is 0.179. The molecule has 1 aliphatic rings. The second-order valence-electron chi connectivity index (χ2n) is 6.51. The van der Waals surface area contributed by atoms with Crippen LogP contribution in [0.1, 0.15) is 36.0 Å². The molecule has 3 heterocycles. The second kappa shape index (κ2) is 7.50. The molecule has 8 heteroatoms. The molecule has 1 N–H and O–H groups in total. The summed E-state index contributed by atoms with van der Waals surface area (Å²) >= 11 is 0. The third-order valence-electron chi connectivity index (χ3n) is 4.40. The van der Waals surface area contributed by atoms with E-state index < -0.39 is 0 Å². The lowest BCUT2D eigenvalue weighted by Crippen LogP contribution is -2.43. The molecule has 0 aromatic carbocycles. The van der Waals surface area contributed by atoms with E-state index in [9.17, 15) is 4.79 Å². The molecule has 3 rings (SSSR count). The summed E-state index contributed by atoms with van der Waals surface area (Å²) < 4.78 is 5.04. The minimum absolute atomic E-state index is 0.0422. The number of anilines is 1. The molecule has 2 amide bonds. The SMILES string of the molecule is Cc1nc(C2CCN(C(=O)NCc3ccc(N(C)C)nc3)CC2)no1. The maximum atomic E-state index is 12.3. The molecule has 25 heavy (non-hydrogen) atoms. The number of aromatic nitrogens is 3. The van der Waals surface area contributed by atoms with Crippen molar-refractivity contribution in [2.45, 2.75) is 32.2 Å². The minimum Gasteiger partial charge on any atom is -0.363 e. The van der Waals surface area contributed by atoms with Crippen LogP contribution in [-0.4, -0.2) is 53.2 Å². The van der Waals surface area contributed by atoms with E-state index in [4.69, 9.17) is 4.52 Å². The summed E-state index contributed by atoms with van der Waals surface area (Å²) in [4.78, 5) is 24.8. The number of nitrogens with zero attached hydrogens (tertiary/aromatic N) is 5. The maximum Gasteiger partial charge on any atom is 0.317 e. The number of nitrogens with one attached hydrogen (secondary N) is 1. The van der Waals surface area contributed by atoms with Crippen LogP contribution in [0.15, 0.2) is 22.9 Å². The Hall–Kier alpha value is -2.64. The normalized spacial score (nSPS) is 15.2. The van der Waals surface area contributed by atoms with E-state index in [0.717, 1.165) is 30.0 Å². The molecule has 2 aromatic rings. The molecular formula is C17H24N6O2. The minimum atomic E-state index is -0.0422. The van der Waals surface area contributed by atoms with Gasteiger partial charge in [0.05, 0.1) is 0 Å². The zero-order valence-corrected chi connectivity index (χ0v) is 14.9. The number of carbonyl (C=O) groups is 1. The Morgan fingerprint density at radius 3 is 2.68 bits per heavy atom. The van der Waals surface area contributed by atoms with Crippen molar-refractivity contribution < 1.29 is 9.32 Å². The van der Waals surface area contributed by atoms with Crippen molar-refractivity contribution in [2.24, 2.45) is 0 Å². The van der Waals surface area contributed by atoms with Gasteiger partial charge in [-0.25, -0.2) is 9.78 Å². The molecule has 0 aliphatic carbocycles. The molecule has 1 fully saturated rings. The number of urea groups is 1. The van der Waals surface area contributed by atoms with Crippen LogP contribution >= 0.6 is 0 Å². The fraction of sp³-hybridized carbons (Fsp3) is 0.529. The smallest absolute Gasteiger partial charge is 0.317 e. The number of piperidine rings is 1. The molecule has 1 saturated heterocycles. The van der Waals surface area contributed by atoms with Crippen LogP contribution in [0.25, 0.3) is 0 Å². The first-order valence-corrected chi connectivity index (χ1v) is 8.48. The summed E-state index contributed by atoms with van der Waals surface area (Å²) in [5.74, 6) is 2.51. The van der Waals surface area contributed by atoms with Crippen LogP contribution in [0.3, 0.4) is 0 Å². The van der Waals surface area contributed by atoms with Gasteiger partial charge in [0.15, 0.2) is 5.82 Å². The molecule has 0 atom stereocenters. The maximum absolute atomic E-state index is 12.3. The highest BCUT2D eigenvalue weighted by atomic mass is 16.5. The van der Waals surface area contributed by atoms with Crippen LogP contribution in [0, 0.1) is 6.92 Å². The molecule has 8 nitrogen and oxygen atoms in total. The average Bonchev–Trinajstić information content (AvgIpc) is 3.06. The van der Waals surface area contributed by atoms with Crippen molar-refractivity contribution in [1.82, 2.24) is 25.3 Å². The fourth-order valence-electron chi connectivity index (χ4n) is 2.90. The Morgan fingerprint density at radius 2 is 2.12 bits per heavy atom. The van der Waals surface area contributed by atoms with Gasteiger partial charge in [0.25, 0.3) is 0 Å². The monoisotopic (exact) mass is 344 g/mol. The topological polar surface area (TPSA) is 87.4 Å². The quantitative estimate of drug-likeness (QED) is 0.912. The number of aryl methyl sites for hydroxylation is 1. The third-order valence-corrected chi connectivity index (χ3v) is 4.40. The fourth-order valence-corrected chi connectivity index (χ4v) is 2.90. The van der Waals surface area contributed by atoms with E-state index in [1.165, 1.54) is 0 Å². The molecule has 0 bridgehead atoms. The molecule has 2 aromatic heterocycles. The van der Waals surface area contributed by atoms with Gasteiger partial charge in [-0.3, -0.25) is 0 Å². The lowest BCUT2D eigenvalue weighted by atomic mass is 9.96.